The first-order chi connectivity index (χ1) is 10.3. The van der Waals surface area contributed by atoms with E-state index in [1.165, 1.54) is 0 Å². The zero-order valence-corrected chi connectivity index (χ0v) is 12.4. The van der Waals surface area contributed by atoms with Crippen LogP contribution in [0.3, 0.4) is 0 Å². The molecular formula is C14H15N3O3S. The summed E-state index contributed by atoms with van der Waals surface area (Å²) in [5, 5.41) is 3.89. The molecule has 0 fully saturated rings. The molecule has 0 aliphatic carbocycles. The van der Waals surface area contributed by atoms with Crippen molar-refractivity contribution >= 4 is 23.4 Å². The van der Waals surface area contributed by atoms with Crippen molar-refractivity contribution in [3.05, 3.63) is 36.0 Å². The highest BCUT2D eigenvalue weighted by atomic mass is 32.2. The van der Waals surface area contributed by atoms with E-state index < -0.39 is 0 Å². The van der Waals surface area contributed by atoms with Crippen LogP contribution in [0, 0.1) is 0 Å². The number of aromatic nitrogens is 2. The van der Waals surface area contributed by atoms with Gasteiger partial charge < -0.3 is 14.2 Å². The normalized spacial score (nSPS) is 14.3. The lowest BCUT2D eigenvalue weighted by Crippen LogP contribution is -2.34. The van der Waals surface area contributed by atoms with Crippen LogP contribution in [0.5, 0.6) is 0 Å². The average Bonchev–Trinajstić information content (AvgIpc) is 2.96. The van der Waals surface area contributed by atoms with Crippen LogP contribution in [0.4, 0.5) is 5.69 Å². The summed E-state index contributed by atoms with van der Waals surface area (Å²) in [6.07, 6.45) is 0.598. The Kier molecular flexibility index (Phi) is 4.21. The number of carbonyl (C=O) groups is 1. The van der Waals surface area contributed by atoms with Crippen LogP contribution in [0.2, 0.25) is 0 Å². The summed E-state index contributed by atoms with van der Waals surface area (Å²) in [6, 6.07) is 7.83. The van der Waals surface area contributed by atoms with Crippen molar-refractivity contribution in [2.24, 2.45) is 0 Å². The van der Waals surface area contributed by atoms with Gasteiger partial charge in [-0.05, 0) is 12.1 Å². The zero-order valence-electron chi connectivity index (χ0n) is 11.6. The van der Waals surface area contributed by atoms with E-state index in [1.54, 1.807) is 23.8 Å². The second-order valence-corrected chi connectivity index (χ2v) is 5.60. The summed E-state index contributed by atoms with van der Waals surface area (Å²) >= 11 is 1.55. The summed E-state index contributed by atoms with van der Waals surface area (Å²) < 4.78 is 10.2. The van der Waals surface area contributed by atoms with E-state index in [0.29, 0.717) is 37.0 Å². The third-order valence-corrected chi connectivity index (χ3v) is 4.19. The van der Waals surface area contributed by atoms with Gasteiger partial charge in [0.2, 0.25) is 11.8 Å². The molecule has 0 N–H and O–H groups in total. The monoisotopic (exact) mass is 305 g/mol. The average molecular weight is 305 g/mol. The molecule has 0 atom stereocenters. The van der Waals surface area contributed by atoms with Crippen LogP contribution in [0.15, 0.2) is 33.7 Å². The number of amides is 1. The minimum Gasteiger partial charge on any atom is -0.384 e. The molecular weight excluding hydrogens is 290 g/mol. The molecule has 0 unspecified atom stereocenters. The van der Waals surface area contributed by atoms with E-state index in [2.05, 4.69) is 10.1 Å². The number of rotatable bonds is 5. The van der Waals surface area contributed by atoms with Gasteiger partial charge in [-0.25, -0.2) is 0 Å². The van der Waals surface area contributed by atoms with E-state index in [9.17, 15) is 4.79 Å². The molecule has 1 aromatic heterocycles. The molecule has 1 aliphatic rings. The Labute approximate surface area is 126 Å². The van der Waals surface area contributed by atoms with Crippen molar-refractivity contribution in [2.45, 2.75) is 17.9 Å². The molecule has 2 aromatic rings. The molecule has 0 saturated carbocycles. The summed E-state index contributed by atoms with van der Waals surface area (Å²) in [5.74, 6) is 1.52. The quantitative estimate of drug-likeness (QED) is 0.840. The van der Waals surface area contributed by atoms with Gasteiger partial charge in [-0.1, -0.05) is 17.3 Å². The Bertz CT molecular complexity index is 644. The Morgan fingerprint density at radius 2 is 2.29 bits per heavy atom. The number of methoxy groups -OCH3 is 1. The molecule has 21 heavy (non-hydrogen) atoms. The van der Waals surface area contributed by atoms with Gasteiger partial charge in [-0.2, -0.15) is 4.98 Å². The predicted molar refractivity (Wildman–Crippen MR) is 78.2 cm³/mol. The number of hydrogen-bond acceptors (Lipinski definition) is 6. The summed E-state index contributed by atoms with van der Waals surface area (Å²) in [6.45, 7) is 0.845. The zero-order chi connectivity index (χ0) is 14.7. The molecule has 0 bridgehead atoms. The number of anilines is 1. The van der Waals surface area contributed by atoms with Crippen LogP contribution >= 0.6 is 11.8 Å². The molecule has 7 heteroatoms. The second-order valence-electron chi connectivity index (χ2n) is 4.58. The minimum absolute atomic E-state index is 0.0512. The lowest BCUT2D eigenvalue weighted by molar-refractivity contribution is -0.116. The molecule has 2 heterocycles. The first kappa shape index (κ1) is 14.1. The number of carbonyl (C=O) groups excluding carboxylic acids is 1. The van der Waals surface area contributed by atoms with Crippen LogP contribution in [-0.4, -0.2) is 35.5 Å². The van der Waals surface area contributed by atoms with Crippen molar-refractivity contribution in [1.29, 1.82) is 0 Å². The highest BCUT2D eigenvalue weighted by Crippen LogP contribution is 2.35. The van der Waals surface area contributed by atoms with Gasteiger partial charge in [0.1, 0.15) is 6.54 Å². The van der Waals surface area contributed by atoms with Crippen LogP contribution in [-0.2, 0) is 22.5 Å². The SMILES string of the molecule is COCCc1noc(CN2C(=O)CSc3ccccc32)n1. The van der Waals surface area contributed by atoms with Crippen LogP contribution < -0.4 is 4.90 Å². The van der Waals surface area contributed by atoms with E-state index in [0.717, 1.165) is 10.6 Å². The lowest BCUT2D eigenvalue weighted by Gasteiger charge is -2.27. The number of fused-ring (bicyclic) bond motifs is 1. The van der Waals surface area contributed by atoms with Crippen molar-refractivity contribution in [1.82, 2.24) is 10.1 Å². The predicted octanol–water partition coefficient (Wildman–Crippen LogP) is 1.90. The molecule has 6 nitrogen and oxygen atoms in total. The molecule has 1 aliphatic heterocycles. The van der Waals surface area contributed by atoms with Crippen LogP contribution in [0.25, 0.3) is 0 Å². The van der Waals surface area contributed by atoms with Gasteiger partial charge in [0.05, 0.1) is 18.0 Å². The molecule has 0 spiro atoms. The molecule has 1 amide bonds. The fraction of sp³-hybridized carbons (Fsp3) is 0.357. The molecule has 0 saturated heterocycles. The first-order valence-electron chi connectivity index (χ1n) is 6.60. The number of hydrogen-bond donors (Lipinski definition) is 0. The number of nitrogens with zero attached hydrogens (tertiary/aromatic N) is 3. The van der Waals surface area contributed by atoms with Crippen molar-refractivity contribution in [3.63, 3.8) is 0 Å². The number of thioether (sulfide) groups is 1. The number of para-hydroxylation sites is 1. The Balaban J connectivity index is 1.78. The van der Waals surface area contributed by atoms with E-state index >= 15 is 0 Å². The third kappa shape index (κ3) is 3.08. The van der Waals surface area contributed by atoms with Crippen molar-refractivity contribution in [2.75, 3.05) is 24.4 Å². The van der Waals surface area contributed by atoms with Crippen molar-refractivity contribution in [3.8, 4) is 0 Å². The topological polar surface area (TPSA) is 68.5 Å². The summed E-state index contributed by atoms with van der Waals surface area (Å²) in [7, 11) is 1.63. The highest BCUT2D eigenvalue weighted by Gasteiger charge is 2.26. The highest BCUT2D eigenvalue weighted by molar-refractivity contribution is 8.00. The first-order valence-corrected chi connectivity index (χ1v) is 7.59. The molecule has 1 aromatic carbocycles. The maximum atomic E-state index is 12.1. The van der Waals surface area contributed by atoms with Gasteiger partial charge in [0.15, 0.2) is 5.82 Å². The van der Waals surface area contributed by atoms with E-state index in [-0.39, 0.29) is 5.91 Å². The fourth-order valence-electron chi connectivity index (χ4n) is 2.11. The van der Waals surface area contributed by atoms with E-state index in [1.807, 2.05) is 24.3 Å². The standard InChI is InChI=1S/C14H15N3O3S/c1-19-7-6-12-15-13(20-16-12)8-17-10-4-2-3-5-11(10)21-9-14(17)18/h2-5H,6-9H2,1H3. The molecule has 110 valence electrons. The molecule has 3 rings (SSSR count). The van der Waals surface area contributed by atoms with Crippen LogP contribution in [0.1, 0.15) is 11.7 Å². The summed E-state index contributed by atoms with van der Waals surface area (Å²) in [5.41, 5.74) is 0.899. The van der Waals surface area contributed by atoms with Gasteiger partial charge in [-0.3, -0.25) is 4.79 Å². The van der Waals surface area contributed by atoms with Crippen molar-refractivity contribution < 1.29 is 14.1 Å². The van der Waals surface area contributed by atoms with Gasteiger partial charge >= 0.3 is 0 Å². The fourth-order valence-corrected chi connectivity index (χ4v) is 3.05. The second kappa shape index (κ2) is 6.28. The smallest absolute Gasteiger partial charge is 0.246 e. The minimum atomic E-state index is 0.0512. The molecule has 0 radical (unpaired) electrons. The number of benzene rings is 1. The van der Waals surface area contributed by atoms with E-state index in [4.69, 9.17) is 9.26 Å². The number of ether oxygens (including phenoxy) is 1. The summed E-state index contributed by atoms with van der Waals surface area (Å²) in [4.78, 5) is 19.2. The third-order valence-electron chi connectivity index (χ3n) is 3.14. The largest absolute Gasteiger partial charge is 0.384 e. The Hall–Kier alpha value is -1.86. The maximum absolute atomic E-state index is 12.1. The van der Waals surface area contributed by atoms with Gasteiger partial charge in [0, 0.05) is 18.4 Å². The maximum Gasteiger partial charge on any atom is 0.246 e. The lowest BCUT2D eigenvalue weighted by atomic mass is 10.2. The Morgan fingerprint density at radius 1 is 1.43 bits per heavy atom. The van der Waals surface area contributed by atoms with Gasteiger partial charge in [0.25, 0.3) is 0 Å². The van der Waals surface area contributed by atoms with Gasteiger partial charge in [-0.15, -0.1) is 11.8 Å². The Morgan fingerprint density at radius 3 is 3.14 bits per heavy atom.